The van der Waals surface area contributed by atoms with E-state index in [4.69, 9.17) is 0 Å². The Morgan fingerprint density at radius 2 is 1.86 bits per heavy atom. The van der Waals surface area contributed by atoms with E-state index in [0.717, 1.165) is 19.3 Å². The SMILES string of the molecule is CC(C)CC1NC(=O)C(C)N(C2CCCC(C)C2C)C1=O. The fraction of sp³-hybridized carbons (Fsp3) is 0.882. The molecule has 2 aliphatic rings. The van der Waals surface area contributed by atoms with E-state index < -0.39 is 0 Å². The van der Waals surface area contributed by atoms with E-state index in [9.17, 15) is 9.59 Å². The van der Waals surface area contributed by atoms with Gasteiger partial charge in [0, 0.05) is 6.04 Å². The predicted molar refractivity (Wildman–Crippen MR) is 83.7 cm³/mol. The van der Waals surface area contributed by atoms with Crippen LogP contribution in [0.1, 0.15) is 60.3 Å². The van der Waals surface area contributed by atoms with E-state index in [-0.39, 0.29) is 29.9 Å². The molecule has 2 amide bonds. The van der Waals surface area contributed by atoms with Crippen molar-refractivity contribution in [2.24, 2.45) is 17.8 Å². The first-order valence-electron chi connectivity index (χ1n) is 8.45. The summed E-state index contributed by atoms with van der Waals surface area (Å²) in [5.74, 6) is 1.62. The minimum Gasteiger partial charge on any atom is -0.343 e. The van der Waals surface area contributed by atoms with Crippen LogP contribution in [-0.4, -0.2) is 34.8 Å². The Kier molecular flexibility index (Phi) is 4.95. The standard InChI is InChI=1S/C17H30N2O2/c1-10(2)9-14-17(21)19(13(5)16(20)18-14)15-8-6-7-11(3)12(15)4/h10-15H,6-9H2,1-5H3,(H,18,20). The van der Waals surface area contributed by atoms with Crippen LogP contribution >= 0.6 is 0 Å². The molecule has 0 bridgehead atoms. The van der Waals surface area contributed by atoms with Crippen molar-refractivity contribution in [2.45, 2.75) is 78.4 Å². The summed E-state index contributed by atoms with van der Waals surface area (Å²) in [5, 5.41) is 2.91. The van der Waals surface area contributed by atoms with E-state index in [0.29, 0.717) is 17.8 Å². The maximum atomic E-state index is 12.9. The van der Waals surface area contributed by atoms with Crippen LogP contribution in [-0.2, 0) is 9.59 Å². The highest BCUT2D eigenvalue weighted by Crippen LogP contribution is 2.35. The number of carbonyl (C=O) groups is 2. The Morgan fingerprint density at radius 1 is 1.19 bits per heavy atom. The van der Waals surface area contributed by atoms with E-state index in [1.54, 1.807) is 0 Å². The summed E-state index contributed by atoms with van der Waals surface area (Å²) in [6.07, 6.45) is 4.15. The number of nitrogens with zero attached hydrogens (tertiary/aromatic N) is 1. The number of rotatable bonds is 3. The van der Waals surface area contributed by atoms with Crippen LogP contribution in [0, 0.1) is 17.8 Å². The van der Waals surface area contributed by atoms with Gasteiger partial charge in [0.05, 0.1) is 0 Å². The van der Waals surface area contributed by atoms with Crippen molar-refractivity contribution >= 4 is 11.8 Å². The molecule has 1 saturated heterocycles. The molecule has 4 heteroatoms. The molecule has 5 atom stereocenters. The largest absolute Gasteiger partial charge is 0.343 e. The molecule has 4 nitrogen and oxygen atoms in total. The third-order valence-corrected chi connectivity index (χ3v) is 5.39. The van der Waals surface area contributed by atoms with Gasteiger partial charge in [0.15, 0.2) is 0 Å². The molecule has 0 aromatic rings. The van der Waals surface area contributed by atoms with Gasteiger partial charge in [0.1, 0.15) is 12.1 Å². The summed E-state index contributed by atoms with van der Waals surface area (Å²) in [6, 6.07) is -0.450. The van der Waals surface area contributed by atoms with E-state index in [2.05, 4.69) is 33.0 Å². The van der Waals surface area contributed by atoms with Crippen molar-refractivity contribution in [3.05, 3.63) is 0 Å². The molecule has 0 spiro atoms. The molecule has 1 aliphatic carbocycles. The quantitative estimate of drug-likeness (QED) is 0.869. The summed E-state index contributed by atoms with van der Waals surface area (Å²) in [5.41, 5.74) is 0. The fourth-order valence-corrected chi connectivity index (χ4v) is 3.88. The zero-order valence-electron chi connectivity index (χ0n) is 14.1. The number of amides is 2. The van der Waals surface area contributed by atoms with Gasteiger partial charge in [0.2, 0.25) is 11.8 Å². The van der Waals surface area contributed by atoms with Gasteiger partial charge in [-0.25, -0.2) is 0 Å². The molecular weight excluding hydrogens is 264 g/mol. The van der Waals surface area contributed by atoms with E-state index in [1.807, 2.05) is 11.8 Å². The normalized spacial score (nSPS) is 37.8. The number of hydrogen-bond acceptors (Lipinski definition) is 2. The van der Waals surface area contributed by atoms with Crippen molar-refractivity contribution < 1.29 is 9.59 Å². The molecule has 1 heterocycles. The number of hydrogen-bond donors (Lipinski definition) is 1. The Labute approximate surface area is 128 Å². The van der Waals surface area contributed by atoms with Gasteiger partial charge >= 0.3 is 0 Å². The van der Waals surface area contributed by atoms with Crippen molar-refractivity contribution in [1.82, 2.24) is 10.2 Å². The first-order chi connectivity index (χ1) is 9.82. The number of nitrogens with one attached hydrogen (secondary N) is 1. The lowest BCUT2D eigenvalue weighted by Crippen LogP contribution is -2.66. The summed E-state index contributed by atoms with van der Waals surface area (Å²) in [7, 11) is 0. The topological polar surface area (TPSA) is 49.4 Å². The highest BCUT2D eigenvalue weighted by Gasteiger charge is 2.44. The second kappa shape index (κ2) is 6.37. The molecule has 0 aromatic carbocycles. The maximum Gasteiger partial charge on any atom is 0.246 e. The molecule has 0 aromatic heterocycles. The minimum atomic E-state index is -0.335. The lowest BCUT2D eigenvalue weighted by atomic mass is 9.76. The Hall–Kier alpha value is -1.06. The predicted octanol–water partition coefficient (Wildman–Crippen LogP) is 2.57. The Balaban J connectivity index is 2.21. The second-order valence-electron chi connectivity index (χ2n) is 7.45. The van der Waals surface area contributed by atoms with Crippen molar-refractivity contribution in [3.8, 4) is 0 Å². The Morgan fingerprint density at radius 3 is 2.48 bits per heavy atom. The first-order valence-corrected chi connectivity index (χ1v) is 8.45. The fourth-order valence-electron chi connectivity index (χ4n) is 3.88. The molecule has 0 radical (unpaired) electrons. The van der Waals surface area contributed by atoms with E-state index >= 15 is 0 Å². The molecule has 2 rings (SSSR count). The zero-order valence-corrected chi connectivity index (χ0v) is 14.1. The van der Waals surface area contributed by atoms with Gasteiger partial charge in [-0.2, -0.15) is 0 Å². The zero-order chi connectivity index (χ0) is 15.7. The average molecular weight is 294 g/mol. The van der Waals surface area contributed by atoms with Crippen molar-refractivity contribution in [1.29, 1.82) is 0 Å². The first kappa shape index (κ1) is 16.3. The molecule has 1 saturated carbocycles. The third kappa shape index (κ3) is 3.24. The van der Waals surface area contributed by atoms with Gasteiger partial charge in [0.25, 0.3) is 0 Å². The van der Waals surface area contributed by atoms with Crippen LogP contribution in [0.15, 0.2) is 0 Å². The molecule has 2 fully saturated rings. The summed E-state index contributed by atoms with van der Waals surface area (Å²) >= 11 is 0. The third-order valence-electron chi connectivity index (χ3n) is 5.39. The van der Waals surface area contributed by atoms with Gasteiger partial charge in [-0.15, -0.1) is 0 Å². The number of piperazine rings is 1. The van der Waals surface area contributed by atoms with Crippen LogP contribution in [0.25, 0.3) is 0 Å². The molecular formula is C17H30N2O2. The van der Waals surface area contributed by atoms with E-state index in [1.165, 1.54) is 6.42 Å². The van der Waals surface area contributed by atoms with Gasteiger partial charge in [-0.05, 0) is 37.5 Å². The van der Waals surface area contributed by atoms with Gasteiger partial charge < -0.3 is 10.2 Å². The summed E-state index contributed by atoms with van der Waals surface area (Å²) in [4.78, 5) is 27.1. The highest BCUT2D eigenvalue weighted by atomic mass is 16.2. The monoisotopic (exact) mass is 294 g/mol. The average Bonchev–Trinajstić information content (AvgIpc) is 2.40. The smallest absolute Gasteiger partial charge is 0.246 e. The van der Waals surface area contributed by atoms with Crippen LogP contribution < -0.4 is 5.32 Å². The van der Waals surface area contributed by atoms with Crippen molar-refractivity contribution in [2.75, 3.05) is 0 Å². The summed E-state index contributed by atoms with van der Waals surface area (Å²) < 4.78 is 0. The molecule has 120 valence electrons. The maximum absolute atomic E-state index is 12.9. The summed E-state index contributed by atoms with van der Waals surface area (Å²) in [6.45, 7) is 10.5. The Bertz CT molecular complexity index is 408. The molecule has 21 heavy (non-hydrogen) atoms. The van der Waals surface area contributed by atoms with Crippen molar-refractivity contribution in [3.63, 3.8) is 0 Å². The highest BCUT2D eigenvalue weighted by molar-refractivity contribution is 5.96. The lowest BCUT2D eigenvalue weighted by Gasteiger charge is -2.47. The molecule has 1 aliphatic heterocycles. The van der Waals surface area contributed by atoms with Crippen LogP contribution in [0.4, 0.5) is 0 Å². The van der Waals surface area contributed by atoms with Crippen LogP contribution in [0.5, 0.6) is 0 Å². The van der Waals surface area contributed by atoms with Crippen LogP contribution in [0.2, 0.25) is 0 Å². The minimum absolute atomic E-state index is 0.00526. The lowest BCUT2D eigenvalue weighted by molar-refractivity contribution is -0.154. The second-order valence-corrected chi connectivity index (χ2v) is 7.45. The molecule has 5 unspecified atom stereocenters. The molecule has 1 N–H and O–H groups in total. The van der Waals surface area contributed by atoms with Gasteiger partial charge in [-0.3, -0.25) is 9.59 Å². The van der Waals surface area contributed by atoms with Gasteiger partial charge in [-0.1, -0.05) is 40.5 Å². The number of carbonyl (C=O) groups excluding carboxylic acids is 2. The van der Waals surface area contributed by atoms with Crippen LogP contribution in [0.3, 0.4) is 0 Å².